The fraction of sp³-hybridized carbons (Fsp3) is 0.364. The molecule has 1 spiro atoms. The highest BCUT2D eigenvalue weighted by molar-refractivity contribution is 5.95. The van der Waals surface area contributed by atoms with Gasteiger partial charge in [-0.3, -0.25) is 9.59 Å². The summed E-state index contributed by atoms with van der Waals surface area (Å²) >= 11 is 0. The number of hydrogen-bond acceptors (Lipinski definition) is 3. The van der Waals surface area contributed by atoms with Gasteiger partial charge in [0.05, 0.1) is 18.2 Å². The van der Waals surface area contributed by atoms with Crippen molar-refractivity contribution < 1.29 is 19.1 Å². The molecule has 6 heteroatoms. The molecule has 2 fully saturated rings. The molecule has 2 amide bonds. The lowest BCUT2D eigenvalue weighted by atomic mass is 9.60. The van der Waals surface area contributed by atoms with Crippen LogP contribution in [0.15, 0.2) is 54.6 Å². The van der Waals surface area contributed by atoms with Crippen LogP contribution in [0.4, 0.5) is 4.39 Å². The highest BCUT2D eigenvalue weighted by Gasteiger charge is 2.67. The van der Waals surface area contributed by atoms with Crippen LogP contribution in [0, 0.1) is 5.82 Å². The molecule has 0 bridgehead atoms. The van der Waals surface area contributed by atoms with Crippen LogP contribution >= 0.6 is 0 Å². The fourth-order valence-electron chi connectivity index (χ4n) is 4.77. The molecule has 2 aliphatic heterocycles. The molecule has 2 heterocycles. The van der Waals surface area contributed by atoms with E-state index in [9.17, 15) is 19.1 Å². The molecule has 0 aromatic heterocycles. The van der Waals surface area contributed by atoms with Crippen LogP contribution in [0.25, 0.3) is 0 Å². The topological polar surface area (TPSA) is 60.9 Å². The zero-order valence-corrected chi connectivity index (χ0v) is 15.7. The molecule has 0 radical (unpaired) electrons. The second-order valence-corrected chi connectivity index (χ2v) is 7.53. The lowest BCUT2D eigenvalue weighted by Crippen LogP contribution is -2.85. The number of carbonyl (C=O) groups excluding carboxylic acids is 2. The standard InChI is InChI=1S/C22H23FN2O3/c1-2-19(27)25-18(12-26)20(15-6-4-3-5-7-15)22(25)13-24(14-22)21(28)16-8-10-17(23)11-9-16/h3-11,18,20,26H,2,12-14H2,1H3/t18-,20+/m1/s1. The third kappa shape index (κ3) is 2.71. The van der Waals surface area contributed by atoms with Crippen LogP contribution in [0.1, 0.15) is 35.2 Å². The lowest BCUT2D eigenvalue weighted by molar-refractivity contribution is -0.193. The number of likely N-dealkylation sites (tertiary alicyclic amines) is 2. The number of amides is 2. The van der Waals surface area contributed by atoms with E-state index in [0.29, 0.717) is 25.1 Å². The summed E-state index contributed by atoms with van der Waals surface area (Å²) in [5.74, 6) is -0.592. The molecule has 0 aliphatic carbocycles. The first kappa shape index (κ1) is 18.6. The number of aliphatic hydroxyl groups excluding tert-OH is 1. The number of nitrogens with zero attached hydrogens (tertiary/aromatic N) is 2. The zero-order valence-electron chi connectivity index (χ0n) is 15.7. The van der Waals surface area contributed by atoms with Gasteiger partial charge in [0.1, 0.15) is 5.82 Å². The van der Waals surface area contributed by atoms with Crippen LogP contribution in [0.3, 0.4) is 0 Å². The molecule has 5 nitrogen and oxygen atoms in total. The minimum atomic E-state index is -0.489. The van der Waals surface area contributed by atoms with Crippen molar-refractivity contribution >= 4 is 11.8 Å². The minimum absolute atomic E-state index is 0.0138. The molecular weight excluding hydrogens is 359 g/mol. The first-order valence-corrected chi connectivity index (χ1v) is 9.54. The molecule has 0 saturated carbocycles. The Morgan fingerprint density at radius 3 is 2.32 bits per heavy atom. The van der Waals surface area contributed by atoms with Gasteiger partial charge in [-0.25, -0.2) is 4.39 Å². The molecular formula is C22H23FN2O3. The van der Waals surface area contributed by atoms with Crippen molar-refractivity contribution in [2.75, 3.05) is 19.7 Å². The maximum Gasteiger partial charge on any atom is 0.254 e. The van der Waals surface area contributed by atoms with Crippen LogP contribution in [-0.4, -0.2) is 58.0 Å². The van der Waals surface area contributed by atoms with Crippen molar-refractivity contribution in [2.45, 2.75) is 30.8 Å². The first-order valence-electron chi connectivity index (χ1n) is 9.54. The summed E-state index contributed by atoms with van der Waals surface area (Å²) in [6.45, 7) is 2.51. The van der Waals surface area contributed by atoms with Crippen molar-refractivity contribution in [2.24, 2.45) is 0 Å². The molecule has 0 unspecified atom stereocenters. The number of halogens is 1. The molecule has 146 valence electrons. The van der Waals surface area contributed by atoms with E-state index in [1.165, 1.54) is 24.3 Å². The van der Waals surface area contributed by atoms with E-state index < -0.39 is 5.54 Å². The summed E-state index contributed by atoms with van der Waals surface area (Å²) in [6, 6.07) is 15.1. The largest absolute Gasteiger partial charge is 0.394 e. The van der Waals surface area contributed by atoms with E-state index in [1.54, 1.807) is 16.7 Å². The smallest absolute Gasteiger partial charge is 0.254 e. The molecule has 2 aliphatic rings. The fourth-order valence-corrected chi connectivity index (χ4v) is 4.77. The number of hydrogen-bond donors (Lipinski definition) is 1. The summed E-state index contributed by atoms with van der Waals surface area (Å²) < 4.78 is 13.1. The SMILES string of the molecule is CCC(=O)N1[C@H](CO)[C@H](c2ccccc2)C12CN(C(=O)c1ccc(F)cc1)C2. The van der Waals surface area contributed by atoms with Gasteiger partial charge in [-0.2, -0.15) is 0 Å². The van der Waals surface area contributed by atoms with Crippen molar-refractivity contribution in [1.82, 2.24) is 9.80 Å². The zero-order chi connectivity index (χ0) is 19.9. The van der Waals surface area contributed by atoms with Crippen molar-refractivity contribution in [3.05, 3.63) is 71.5 Å². The molecule has 4 rings (SSSR count). The van der Waals surface area contributed by atoms with Crippen LogP contribution in [0.2, 0.25) is 0 Å². The van der Waals surface area contributed by atoms with Gasteiger partial charge in [-0.1, -0.05) is 37.3 Å². The highest BCUT2D eigenvalue weighted by Crippen LogP contribution is 2.54. The average Bonchev–Trinajstić information content (AvgIpc) is 2.67. The maximum atomic E-state index is 13.1. The summed E-state index contributed by atoms with van der Waals surface area (Å²) in [6.07, 6.45) is 0.353. The van der Waals surface area contributed by atoms with Crippen LogP contribution in [-0.2, 0) is 4.79 Å². The monoisotopic (exact) mass is 382 g/mol. The Labute approximate surface area is 163 Å². The summed E-state index contributed by atoms with van der Waals surface area (Å²) in [7, 11) is 0. The van der Waals surface area contributed by atoms with Gasteiger partial charge in [0.2, 0.25) is 5.91 Å². The first-order chi connectivity index (χ1) is 13.5. The quantitative estimate of drug-likeness (QED) is 0.884. The summed E-state index contributed by atoms with van der Waals surface area (Å²) in [4.78, 5) is 28.8. The van der Waals surface area contributed by atoms with E-state index in [2.05, 4.69) is 0 Å². The van der Waals surface area contributed by atoms with Crippen molar-refractivity contribution in [3.63, 3.8) is 0 Å². The van der Waals surface area contributed by atoms with E-state index >= 15 is 0 Å². The third-order valence-corrected chi connectivity index (χ3v) is 6.00. The van der Waals surface area contributed by atoms with Crippen LogP contribution < -0.4 is 0 Å². The number of rotatable bonds is 4. The third-order valence-electron chi connectivity index (χ3n) is 6.00. The molecule has 2 aromatic rings. The number of aliphatic hydroxyl groups is 1. The van der Waals surface area contributed by atoms with Gasteiger partial charge < -0.3 is 14.9 Å². The Morgan fingerprint density at radius 1 is 1.11 bits per heavy atom. The van der Waals surface area contributed by atoms with E-state index in [1.807, 2.05) is 30.3 Å². The second kappa shape index (κ2) is 7.02. The van der Waals surface area contributed by atoms with Gasteiger partial charge in [0.15, 0.2) is 0 Å². The highest BCUT2D eigenvalue weighted by atomic mass is 19.1. The Morgan fingerprint density at radius 2 is 1.75 bits per heavy atom. The molecule has 2 saturated heterocycles. The predicted molar refractivity (Wildman–Crippen MR) is 102 cm³/mol. The van der Waals surface area contributed by atoms with E-state index in [0.717, 1.165) is 5.56 Å². The average molecular weight is 382 g/mol. The van der Waals surface area contributed by atoms with Gasteiger partial charge in [0, 0.05) is 31.0 Å². The van der Waals surface area contributed by atoms with Gasteiger partial charge in [-0.05, 0) is 29.8 Å². The molecule has 1 N–H and O–H groups in total. The molecule has 2 aromatic carbocycles. The molecule has 28 heavy (non-hydrogen) atoms. The summed E-state index contributed by atoms with van der Waals surface area (Å²) in [5, 5.41) is 9.95. The Balaban J connectivity index is 1.61. The lowest BCUT2D eigenvalue weighted by Gasteiger charge is -2.70. The van der Waals surface area contributed by atoms with E-state index in [4.69, 9.17) is 0 Å². The summed E-state index contributed by atoms with van der Waals surface area (Å²) in [5.41, 5.74) is 1.01. The van der Waals surface area contributed by atoms with Crippen molar-refractivity contribution in [3.8, 4) is 0 Å². The Kier molecular flexibility index (Phi) is 4.67. The predicted octanol–water partition coefficient (Wildman–Crippen LogP) is 2.42. The maximum absolute atomic E-state index is 13.1. The Hall–Kier alpha value is -2.73. The second-order valence-electron chi connectivity index (χ2n) is 7.53. The minimum Gasteiger partial charge on any atom is -0.394 e. The number of benzene rings is 2. The van der Waals surface area contributed by atoms with E-state index in [-0.39, 0.29) is 36.2 Å². The van der Waals surface area contributed by atoms with Gasteiger partial charge >= 0.3 is 0 Å². The van der Waals surface area contributed by atoms with Gasteiger partial charge in [-0.15, -0.1) is 0 Å². The van der Waals surface area contributed by atoms with Crippen LogP contribution in [0.5, 0.6) is 0 Å². The van der Waals surface area contributed by atoms with Gasteiger partial charge in [0.25, 0.3) is 5.91 Å². The normalized spacial score (nSPS) is 22.5. The molecule has 2 atom stereocenters. The Bertz CT molecular complexity index is 878. The van der Waals surface area contributed by atoms with Crippen molar-refractivity contribution in [1.29, 1.82) is 0 Å². The number of carbonyl (C=O) groups is 2.